The summed E-state index contributed by atoms with van der Waals surface area (Å²) in [6, 6.07) is -0.497. The van der Waals surface area contributed by atoms with Crippen molar-refractivity contribution < 1.29 is 13.2 Å². The van der Waals surface area contributed by atoms with Gasteiger partial charge in [-0.2, -0.15) is 0 Å². The Morgan fingerprint density at radius 2 is 1.89 bits per heavy atom. The van der Waals surface area contributed by atoms with Crippen LogP contribution in [0.4, 0.5) is 0 Å². The van der Waals surface area contributed by atoms with Crippen LogP contribution in [0.1, 0.15) is 26.7 Å². The number of hydrogen-bond donors (Lipinski definition) is 3. The molecule has 0 radical (unpaired) electrons. The second-order valence-corrected chi connectivity index (χ2v) is 6.06. The topological polar surface area (TPSA) is 101 Å². The highest BCUT2D eigenvalue weighted by molar-refractivity contribution is 7.88. The Morgan fingerprint density at radius 3 is 2.33 bits per heavy atom. The summed E-state index contributed by atoms with van der Waals surface area (Å²) >= 11 is 0. The number of carbonyl (C=O) groups excluding carboxylic acids is 1. The number of carbonyl (C=O) groups is 1. The smallest absolute Gasteiger partial charge is 0.237 e. The fourth-order valence-electron chi connectivity index (χ4n) is 1.19. The highest BCUT2D eigenvalue weighted by atomic mass is 35.5. The lowest BCUT2D eigenvalue weighted by Crippen LogP contribution is -2.45. The van der Waals surface area contributed by atoms with Crippen molar-refractivity contribution in [3.8, 4) is 0 Å². The molecule has 0 saturated heterocycles. The van der Waals surface area contributed by atoms with Crippen molar-refractivity contribution in [2.75, 3.05) is 19.3 Å². The maximum atomic E-state index is 11.5. The Bertz CT molecular complexity index is 335. The first-order valence-corrected chi connectivity index (χ1v) is 7.65. The highest BCUT2D eigenvalue weighted by Crippen LogP contribution is 2.04. The van der Waals surface area contributed by atoms with Crippen LogP contribution >= 0.6 is 12.4 Å². The van der Waals surface area contributed by atoms with Gasteiger partial charge in [0.2, 0.25) is 15.9 Å². The number of amides is 1. The van der Waals surface area contributed by atoms with Gasteiger partial charge in [-0.15, -0.1) is 12.4 Å². The molecule has 4 N–H and O–H groups in total. The van der Waals surface area contributed by atoms with Crippen LogP contribution in [0.5, 0.6) is 0 Å². The molecule has 2 atom stereocenters. The third kappa shape index (κ3) is 9.64. The van der Waals surface area contributed by atoms with Gasteiger partial charge in [0.25, 0.3) is 0 Å². The van der Waals surface area contributed by atoms with Crippen molar-refractivity contribution >= 4 is 28.3 Å². The van der Waals surface area contributed by atoms with E-state index < -0.39 is 16.1 Å². The summed E-state index contributed by atoms with van der Waals surface area (Å²) in [7, 11) is -3.15. The molecule has 0 spiro atoms. The fraction of sp³-hybridized carbons (Fsp3) is 0.900. The first-order chi connectivity index (χ1) is 7.78. The van der Waals surface area contributed by atoms with E-state index in [1.54, 1.807) is 0 Å². The molecule has 0 aromatic heterocycles. The summed E-state index contributed by atoms with van der Waals surface area (Å²) in [6.45, 7) is 4.65. The highest BCUT2D eigenvalue weighted by Gasteiger charge is 2.18. The summed E-state index contributed by atoms with van der Waals surface area (Å²) in [5, 5.41) is 2.69. The molecule has 0 aliphatic rings. The van der Waals surface area contributed by atoms with Crippen LogP contribution in [0.3, 0.4) is 0 Å². The predicted octanol–water partition coefficient (Wildman–Crippen LogP) is -0.163. The molecule has 0 aliphatic heterocycles. The van der Waals surface area contributed by atoms with Gasteiger partial charge in [0.1, 0.15) is 0 Å². The van der Waals surface area contributed by atoms with Gasteiger partial charge < -0.3 is 11.1 Å². The molecule has 0 fully saturated rings. The molecule has 110 valence electrons. The van der Waals surface area contributed by atoms with Crippen LogP contribution in [0.2, 0.25) is 0 Å². The average Bonchev–Trinajstić information content (AvgIpc) is 2.24. The van der Waals surface area contributed by atoms with Gasteiger partial charge in [0, 0.05) is 13.1 Å². The molecule has 0 rings (SSSR count). The van der Waals surface area contributed by atoms with E-state index in [1.165, 1.54) is 0 Å². The van der Waals surface area contributed by atoms with Gasteiger partial charge in [-0.1, -0.05) is 20.3 Å². The lowest BCUT2D eigenvalue weighted by Gasteiger charge is -2.17. The predicted molar refractivity (Wildman–Crippen MR) is 75.2 cm³/mol. The van der Waals surface area contributed by atoms with Crippen molar-refractivity contribution in [1.29, 1.82) is 0 Å². The van der Waals surface area contributed by atoms with Gasteiger partial charge in [-0.25, -0.2) is 13.1 Å². The van der Waals surface area contributed by atoms with Crippen LogP contribution in [0.25, 0.3) is 0 Å². The van der Waals surface area contributed by atoms with E-state index >= 15 is 0 Å². The van der Waals surface area contributed by atoms with Crippen molar-refractivity contribution in [1.82, 2.24) is 10.0 Å². The summed E-state index contributed by atoms with van der Waals surface area (Å²) in [6.07, 6.45) is 2.50. The molecule has 0 heterocycles. The lowest BCUT2D eigenvalue weighted by molar-refractivity contribution is -0.123. The van der Waals surface area contributed by atoms with E-state index in [-0.39, 0.29) is 24.2 Å². The van der Waals surface area contributed by atoms with Crippen LogP contribution in [0, 0.1) is 5.92 Å². The second-order valence-electron chi connectivity index (χ2n) is 4.22. The van der Waals surface area contributed by atoms with E-state index in [1.807, 2.05) is 13.8 Å². The minimum absolute atomic E-state index is 0. The van der Waals surface area contributed by atoms with Gasteiger partial charge >= 0.3 is 0 Å². The molecular weight excluding hydrogens is 278 g/mol. The molecular formula is C10H24ClN3O3S. The monoisotopic (exact) mass is 301 g/mol. The zero-order valence-electron chi connectivity index (χ0n) is 11.1. The van der Waals surface area contributed by atoms with Gasteiger partial charge in [0.15, 0.2) is 0 Å². The molecule has 8 heteroatoms. The molecule has 18 heavy (non-hydrogen) atoms. The van der Waals surface area contributed by atoms with E-state index in [0.29, 0.717) is 19.5 Å². The largest absolute Gasteiger partial charge is 0.355 e. The van der Waals surface area contributed by atoms with Crippen molar-refractivity contribution in [3.63, 3.8) is 0 Å². The van der Waals surface area contributed by atoms with E-state index in [4.69, 9.17) is 5.73 Å². The Morgan fingerprint density at radius 1 is 1.33 bits per heavy atom. The zero-order valence-corrected chi connectivity index (χ0v) is 12.7. The summed E-state index contributed by atoms with van der Waals surface area (Å²) < 4.78 is 23.8. The maximum Gasteiger partial charge on any atom is 0.237 e. The average molecular weight is 302 g/mol. The Hall–Kier alpha value is -0.370. The number of sulfonamides is 1. The minimum atomic E-state index is -3.15. The molecule has 2 unspecified atom stereocenters. The molecule has 0 aromatic rings. The molecule has 0 aromatic carbocycles. The van der Waals surface area contributed by atoms with Gasteiger partial charge in [-0.3, -0.25) is 4.79 Å². The standard InChI is InChI=1S/C10H23N3O3S.ClH/c1-4-8(2)9(11)10(14)12-6-5-7-13-17(3,15)16;/h8-9,13H,4-7,11H2,1-3H3,(H,12,14);1H. The Labute approximate surface area is 116 Å². The second kappa shape index (κ2) is 9.55. The summed E-state index contributed by atoms with van der Waals surface area (Å²) in [4.78, 5) is 11.5. The summed E-state index contributed by atoms with van der Waals surface area (Å²) in [5.74, 6) is -0.0390. The SMILES string of the molecule is CCC(C)C(N)C(=O)NCCCNS(C)(=O)=O.Cl. The number of nitrogens with two attached hydrogens (primary N) is 1. The Kier molecular flexibility index (Phi) is 10.6. The van der Waals surface area contributed by atoms with Crippen molar-refractivity contribution in [2.24, 2.45) is 11.7 Å². The summed E-state index contributed by atoms with van der Waals surface area (Å²) in [5.41, 5.74) is 5.73. The number of hydrogen-bond acceptors (Lipinski definition) is 4. The first kappa shape index (κ1) is 20.0. The number of rotatable bonds is 8. The van der Waals surface area contributed by atoms with Crippen LogP contribution in [-0.4, -0.2) is 39.7 Å². The fourth-order valence-corrected chi connectivity index (χ4v) is 1.70. The first-order valence-electron chi connectivity index (χ1n) is 5.75. The van der Waals surface area contributed by atoms with Crippen LogP contribution in [0.15, 0.2) is 0 Å². The lowest BCUT2D eigenvalue weighted by atomic mass is 9.99. The van der Waals surface area contributed by atoms with Crippen molar-refractivity contribution in [2.45, 2.75) is 32.7 Å². The van der Waals surface area contributed by atoms with E-state index in [9.17, 15) is 13.2 Å². The molecule has 6 nitrogen and oxygen atoms in total. The molecule has 0 aliphatic carbocycles. The Balaban J connectivity index is 0. The normalized spacial score (nSPS) is 14.4. The van der Waals surface area contributed by atoms with E-state index in [0.717, 1.165) is 12.7 Å². The van der Waals surface area contributed by atoms with Gasteiger partial charge in [0.05, 0.1) is 12.3 Å². The zero-order chi connectivity index (χ0) is 13.5. The van der Waals surface area contributed by atoms with Crippen molar-refractivity contribution in [3.05, 3.63) is 0 Å². The number of nitrogens with one attached hydrogen (secondary N) is 2. The number of halogens is 1. The van der Waals surface area contributed by atoms with Gasteiger partial charge in [-0.05, 0) is 12.3 Å². The molecule has 1 amide bonds. The molecule has 0 saturated carbocycles. The van der Waals surface area contributed by atoms with E-state index in [2.05, 4.69) is 10.0 Å². The maximum absolute atomic E-state index is 11.5. The molecule has 0 bridgehead atoms. The third-order valence-electron chi connectivity index (χ3n) is 2.58. The quantitative estimate of drug-likeness (QED) is 0.542. The minimum Gasteiger partial charge on any atom is -0.355 e. The van der Waals surface area contributed by atoms with Crippen LogP contribution in [-0.2, 0) is 14.8 Å². The van der Waals surface area contributed by atoms with Crippen LogP contribution < -0.4 is 15.8 Å². The third-order valence-corrected chi connectivity index (χ3v) is 3.31.